The van der Waals surface area contributed by atoms with Gasteiger partial charge < -0.3 is 30.6 Å². The lowest BCUT2D eigenvalue weighted by molar-refractivity contribution is -0.191. The first-order valence-electron chi connectivity index (χ1n) is 4.42. The zero-order valence-electron chi connectivity index (χ0n) is 8.24. The summed E-state index contributed by atoms with van der Waals surface area (Å²) < 4.78 is 0. The Kier molecular flexibility index (Phi) is 5.12. The monoisotopic (exact) mass is 224 g/mol. The average molecular weight is 224 g/mol. The van der Waals surface area contributed by atoms with E-state index in [0.29, 0.717) is 0 Å². The Labute approximate surface area is 86.2 Å². The zero-order valence-corrected chi connectivity index (χ0v) is 8.24. The van der Waals surface area contributed by atoms with Crippen molar-refractivity contribution in [2.75, 3.05) is 6.61 Å². The summed E-state index contributed by atoms with van der Waals surface area (Å²) in [7, 11) is 0. The molecular formula is C8H16O7. The van der Waals surface area contributed by atoms with Crippen LogP contribution in [0.25, 0.3) is 0 Å². The third-order valence-electron chi connectivity index (χ3n) is 2.30. The van der Waals surface area contributed by atoms with E-state index in [9.17, 15) is 20.1 Å². The van der Waals surface area contributed by atoms with Gasteiger partial charge >= 0.3 is 5.97 Å². The van der Waals surface area contributed by atoms with Crippen LogP contribution < -0.4 is 0 Å². The maximum absolute atomic E-state index is 10.6. The number of carboxylic acids is 1. The van der Waals surface area contributed by atoms with Gasteiger partial charge in [-0.3, -0.25) is 0 Å². The van der Waals surface area contributed by atoms with E-state index in [2.05, 4.69) is 0 Å². The summed E-state index contributed by atoms with van der Waals surface area (Å²) >= 11 is 0. The van der Waals surface area contributed by atoms with Crippen molar-refractivity contribution < 1.29 is 35.4 Å². The van der Waals surface area contributed by atoms with Gasteiger partial charge in [0, 0.05) is 0 Å². The molecule has 4 atom stereocenters. The van der Waals surface area contributed by atoms with Crippen molar-refractivity contribution in [3.63, 3.8) is 0 Å². The average Bonchev–Trinajstić information content (AvgIpc) is 2.24. The molecule has 0 spiro atoms. The molecule has 90 valence electrons. The Morgan fingerprint density at radius 3 is 2.07 bits per heavy atom. The van der Waals surface area contributed by atoms with Crippen LogP contribution in [0, 0.1) is 0 Å². The summed E-state index contributed by atoms with van der Waals surface area (Å²) in [6.45, 7) is 0.451. The van der Waals surface area contributed by atoms with Crippen LogP contribution in [0.15, 0.2) is 0 Å². The van der Waals surface area contributed by atoms with Crippen LogP contribution in [0.3, 0.4) is 0 Å². The maximum Gasteiger partial charge on any atom is 0.338 e. The van der Waals surface area contributed by atoms with E-state index in [1.54, 1.807) is 0 Å². The van der Waals surface area contributed by atoms with Crippen LogP contribution in [0.1, 0.15) is 13.3 Å². The lowest BCUT2D eigenvalue weighted by Crippen LogP contribution is -2.57. The number of carbonyl (C=O) groups is 1. The molecule has 7 nitrogen and oxygen atoms in total. The quantitative estimate of drug-likeness (QED) is 0.288. The third kappa shape index (κ3) is 2.86. The van der Waals surface area contributed by atoms with Crippen LogP contribution in [0.4, 0.5) is 0 Å². The number of hydrogen-bond donors (Lipinski definition) is 6. The molecule has 0 amide bonds. The molecule has 0 aliphatic rings. The molecule has 0 aromatic carbocycles. The number of rotatable bonds is 6. The van der Waals surface area contributed by atoms with Crippen molar-refractivity contribution in [1.29, 1.82) is 0 Å². The summed E-state index contributed by atoms with van der Waals surface area (Å²) in [4.78, 5) is 10.6. The molecule has 0 aliphatic heterocycles. The second kappa shape index (κ2) is 5.38. The molecule has 0 aromatic rings. The van der Waals surface area contributed by atoms with E-state index in [1.807, 2.05) is 0 Å². The van der Waals surface area contributed by atoms with Gasteiger partial charge in [-0.1, -0.05) is 6.92 Å². The van der Waals surface area contributed by atoms with Crippen molar-refractivity contribution in [2.24, 2.45) is 0 Å². The van der Waals surface area contributed by atoms with Gasteiger partial charge in [0.2, 0.25) is 0 Å². The standard InChI is InChI=1S/C8H16O7/c1-2-8(15,7(13)14)6(12)5(11)4(10)3-9/h4-6,9-12,15H,2-3H2,1H3,(H,13,14)/t4-,5-,6+,8-/m1/s1. The van der Waals surface area contributed by atoms with Gasteiger partial charge in [0.15, 0.2) is 5.60 Å². The smallest absolute Gasteiger partial charge is 0.338 e. The molecule has 0 aliphatic carbocycles. The predicted octanol–water partition coefficient (Wildman–Crippen LogP) is -2.71. The molecule has 0 rings (SSSR count). The summed E-state index contributed by atoms with van der Waals surface area (Å²) in [6, 6.07) is 0. The van der Waals surface area contributed by atoms with E-state index in [4.69, 9.17) is 15.3 Å². The molecule has 6 N–H and O–H groups in total. The first kappa shape index (κ1) is 14.3. The van der Waals surface area contributed by atoms with Gasteiger partial charge in [-0.2, -0.15) is 0 Å². The Morgan fingerprint density at radius 1 is 1.33 bits per heavy atom. The van der Waals surface area contributed by atoms with Crippen molar-refractivity contribution in [3.05, 3.63) is 0 Å². The van der Waals surface area contributed by atoms with Gasteiger partial charge in [-0.15, -0.1) is 0 Å². The van der Waals surface area contributed by atoms with Crippen molar-refractivity contribution >= 4 is 5.97 Å². The summed E-state index contributed by atoms with van der Waals surface area (Å²) in [5.74, 6) is -1.71. The molecule has 0 heterocycles. The largest absolute Gasteiger partial charge is 0.479 e. The van der Waals surface area contributed by atoms with Gasteiger partial charge in [-0.25, -0.2) is 4.79 Å². The fraction of sp³-hybridized carbons (Fsp3) is 0.875. The van der Waals surface area contributed by atoms with Crippen molar-refractivity contribution in [2.45, 2.75) is 37.3 Å². The minimum absolute atomic E-state index is 0.349. The molecular weight excluding hydrogens is 208 g/mol. The lowest BCUT2D eigenvalue weighted by Gasteiger charge is -2.32. The minimum Gasteiger partial charge on any atom is -0.479 e. The highest BCUT2D eigenvalue weighted by atomic mass is 16.4. The van der Waals surface area contributed by atoms with Gasteiger partial charge in [0.1, 0.15) is 18.3 Å². The van der Waals surface area contributed by atoms with Crippen LogP contribution in [-0.4, -0.2) is 67.1 Å². The molecule has 0 fully saturated rings. The first-order valence-corrected chi connectivity index (χ1v) is 4.42. The molecule has 0 radical (unpaired) electrons. The van der Waals surface area contributed by atoms with Gasteiger partial charge in [0.25, 0.3) is 0 Å². The number of aliphatic hydroxyl groups is 5. The fourth-order valence-corrected chi connectivity index (χ4v) is 1.09. The molecule has 0 unspecified atom stereocenters. The van der Waals surface area contributed by atoms with Crippen LogP contribution >= 0.6 is 0 Å². The second-order valence-electron chi connectivity index (χ2n) is 3.27. The second-order valence-corrected chi connectivity index (χ2v) is 3.27. The Morgan fingerprint density at radius 2 is 1.80 bits per heavy atom. The van der Waals surface area contributed by atoms with E-state index in [0.717, 1.165) is 0 Å². The Hall–Kier alpha value is -0.730. The normalized spacial score (nSPS) is 21.5. The van der Waals surface area contributed by atoms with Gasteiger partial charge in [0.05, 0.1) is 6.61 Å². The highest BCUT2D eigenvalue weighted by Crippen LogP contribution is 2.20. The highest BCUT2D eigenvalue weighted by molar-refractivity contribution is 5.78. The van der Waals surface area contributed by atoms with Crippen molar-refractivity contribution in [1.82, 2.24) is 0 Å². The molecule has 7 heteroatoms. The summed E-state index contributed by atoms with van der Waals surface area (Å²) in [6.07, 6.45) is -6.07. The molecule has 0 bridgehead atoms. The van der Waals surface area contributed by atoms with E-state index in [1.165, 1.54) is 6.92 Å². The van der Waals surface area contributed by atoms with E-state index < -0.39 is 36.5 Å². The number of aliphatic carboxylic acids is 1. The molecule has 0 saturated heterocycles. The topological polar surface area (TPSA) is 138 Å². The molecule has 0 aromatic heterocycles. The predicted molar refractivity (Wildman–Crippen MR) is 48.0 cm³/mol. The SMILES string of the molecule is CC[C@](O)(C(=O)O)[C@@H](O)[C@H](O)[C@H](O)CO. The van der Waals surface area contributed by atoms with Crippen LogP contribution in [0.5, 0.6) is 0 Å². The van der Waals surface area contributed by atoms with Gasteiger partial charge in [-0.05, 0) is 6.42 Å². The van der Waals surface area contributed by atoms with Crippen molar-refractivity contribution in [3.8, 4) is 0 Å². The molecule has 15 heavy (non-hydrogen) atoms. The van der Waals surface area contributed by atoms with Crippen LogP contribution in [0.2, 0.25) is 0 Å². The first-order chi connectivity index (χ1) is 6.81. The van der Waals surface area contributed by atoms with E-state index >= 15 is 0 Å². The summed E-state index contributed by atoms with van der Waals surface area (Å²) in [5.41, 5.74) is -2.55. The number of carboxylic acid groups (broad SMARTS) is 1. The zero-order chi connectivity index (χ0) is 12.2. The highest BCUT2D eigenvalue weighted by Gasteiger charge is 2.47. The fourth-order valence-electron chi connectivity index (χ4n) is 1.09. The number of hydrogen-bond acceptors (Lipinski definition) is 6. The summed E-state index contributed by atoms with van der Waals surface area (Å²) in [5, 5.41) is 54.1. The molecule has 0 saturated carbocycles. The third-order valence-corrected chi connectivity index (χ3v) is 2.30. The van der Waals surface area contributed by atoms with Crippen LogP contribution in [-0.2, 0) is 4.79 Å². The Balaban J connectivity index is 4.79. The lowest BCUT2D eigenvalue weighted by atomic mass is 9.88. The van der Waals surface area contributed by atoms with E-state index in [-0.39, 0.29) is 6.42 Å². The number of aliphatic hydroxyl groups excluding tert-OH is 4. The Bertz CT molecular complexity index is 219. The minimum atomic E-state index is -2.55. The maximum atomic E-state index is 10.6.